The maximum absolute atomic E-state index is 14.8. The Morgan fingerprint density at radius 2 is 1.50 bits per heavy atom. The third-order valence-corrected chi connectivity index (χ3v) is 17.4. The van der Waals surface area contributed by atoms with Crippen LogP contribution in [-0.2, 0) is 81.4 Å². The van der Waals surface area contributed by atoms with Crippen molar-refractivity contribution in [3.63, 3.8) is 0 Å². The molecule has 4 heterocycles. The molecule has 10 atom stereocenters. The number of para-hydroxylation sites is 1. The zero-order valence-corrected chi connectivity index (χ0v) is 51.5. The van der Waals surface area contributed by atoms with Crippen LogP contribution in [0, 0.1) is 5.92 Å². The molecule has 0 spiro atoms. The normalized spacial score (nSPS) is 23.7. The van der Waals surface area contributed by atoms with Gasteiger partial charge in [0.15, 0.2) is 36.2 Å². The van der Waals surface area contributed by atoms with E-state index in [1.807, 2.05) is 19.9 Å². The number of Topliss-reactive ketones (excluding diaryl/α,β-unsaturated/α-hetero) is 1. The van der Waals surface area contributed by atoms with Crippen LogP contribution >= 0.6 is 0 Å². The van der Waals surface area contributed by atoms with Gasteiger partial charge in [0.1, 0.15) is 41.9 Å². The standard InChI is InChI=1S/C66H75N7O19/c1-34(2)27-43(70-62(84)44(28-37-15-8-6-9-16-37)69-47(75)21-10-7-13-24-73-49(77)22-23-50(73)78)61(83)67-32-48(76)68-41-19-12-11-17-38(41)33-89-65(85)71-42-20-14-18-39-52(42)58(81)55-54(56(39)79)57(80)40-30-66(86,36(4)74)31-46(53(40)59(55)82)91-51-29-45-60(35(3)90-51)92-63-64(87-5)88-26-25-72(45)63/h6,8-9,11-12,14-20,22-23,34-35,43-46,51,60,63-64,80,82,86H,7,10,13,21,24-33H2,1-5H3,(H,67,83)(H,68,76)(H,69,75)(H,70,84)(H,71,85)/t35-,43-,44-,45-,46-,51-,60+,63+,64-,66-/m0/s1. The van der Waals surface area contributed by atoms with Gasteiger partial charge in [-0.25, -0.2) is 4.79 Å². The molecule has 26 nitrogen and oxygen atoms in total. The first-order valence-corrected chi connectivity index (χ1v) is 30.7. The van der Waals surface area contributed by atoms with E-state index in [0.29, 0.717) is 38.0 Å². The lowest BCUT2D eigenvalue weighted by Crippen LogP contribution is -2.55. The lowest BCUT2D eigenvalue weighted by atomic mass is 9.72. The number of fused-ring (bicyclic) bond motifs is 6. The van der Waals surface area contributed by atoms with Crippen molar-refractivity contribution in [2.24, 2.45) is 5.92 Å². The summed E-state index contributed by atoms with van der Waals surface area (Å²) in [6, 6.07) is 16.9. The van der Waals surface area contributed by atoms with Gasteiger partial charge in [0.05, 0.1) is 47.7 Å². The zero-order valence-electron chi connectivity index (χ0n) is 51.5. The maximum atomic E-state index is 14.8. The summed E-state index contributed by atoms with van der Waals surface area (Å²) in [5.41, 5.74) is -3.18. The number of anilines is 2. The Labute approximate surface area is 529 Å². The van der Waals surface area contributed by atoms with E-state index in [1.54, 1.807) is 49.4 Å². The lowest BCUT2D eigenvalue weighted by Gasteiger charge is -2.43. The van der Waals surface area contributed by atoms with Gasteiger partial charge in [-0.1, -0.05) is 80.9 Å². The molecule has 488 valence electrons. The first kappa shape index (κ1) is 66.2. The topological polar surface area (TPSA) is 353 Å². The minimum absolute atomic E-state index is 0.0630. The number of ketones is 3. The largest absolute Gasteiger partial charge is 0.507 e. The van der Waals surface area contributed by atoms with Crippen molar-refractivity contribution in [3.05, 3.63) is 129 Å². The molecule has 3 fully saturated rings. The van der Waals surface area contributed by atoms with Crippen LogP contribution in [0.15, 0.2) is 84.9 Å². The van der Waals surface area contributed by atoms with Gasteiger partial charge in [-0.3, -0.25) is 58.3 Å². The van der Waals surface area contributed by atoms with Crippen LogP contribution in [0.5, 0.6) is 11.5 Å². The van der Waals surface area contributed by atoms with E-state index in [2.05, 4.69) is 31.5 Å². The van der Waals surface area contributed by atoms with E-state index in [0.717, 1.165) is 10.5 Å². The number of hydrogen-bond acceptors (Lipinski definition) is 20. The number of nitrogens with one attached hydrogen (secondary N) is 5. The molecule has 2 aliphatic carbocycles. The number of carbonyl (C=O) groups is 10. The van der Waals surface area contributed by atoms with Crippen molar-refractivity contribution in [2.75, 3.05) is 44.0 Å². The average Bonchev–Trinajstić information content (AvgIpc) is 0.764. The molecule has 7 amide bonds. The first-order valence-electron chi connectivity index (χ1n) is 30.7. The first-order chi connectivity index (χ1) is 44.0. The van der Waals surface area contributed by atoms with E-state index in [9.17, 15) is 63.3 Å². The number of methoxy groups -OCH3 is 1. The van der Waals surface area contributed by atoms with Gasteiger partial charge in [0.25, 0.3) is 11.8 Å². The third kappa shape index (κ3) is 14.3. The molecule has 6 aliphatic rings. The number of aliphatic hydroxyl groups is 1. The van der Waals surface area contributed by atoms with Crippen molar-refractivity contribution in [3.8, 4) is 11.5 Å². The molecule has 0 radical (unpaired) electrons. The highest BCUT2D eigenvalue weighted by Gasteiger charge is 2.55. The molecular weight excluding hydrogens is 1190 g/mol. The van der Waals surface area contributed by atoms with Gasteiger partial charge in [-0.2, -0.15) is 0 Å². The Bertz CT molecular complexity index is 3580. The second kappa shape index (κ2) is 28.4. The van der Waals surface area contributed by atoms with Gasteiger partial charge < -0.3 is 65.0 Å². The number of aromatic hydroxyl groups is 2. The number of hydrogen-bond donors (Lipinski definition) is 8. The lowest BCUT2D eigenvalue weighted by molar-refractivity contribution is -0.256. The summed E-state index contributed by atoms with van der Waals surface area (Å²) in [7, 11) is 1.52. The average molecular weight is 1270 g/mol. The Hall–Kier alpha value is -8.76. The Morgan fingerprint density at radius 1 is 0.783 bits per heavy atom. The molecule has 10 rings (SSSR count). The number of unbranched alkanes of at least 4 members (excludes halogenated alkanes) is 2. The van der Waals surface area contributed by atoms with Crippen LogP contribution < -0.4 is 26.6 Å². The predicted octanol–water partition coefficient (Wildman–Crippen LogP) is 4.28. The Morgan fingerprint density at radius 3 is 2.23 bits per heavy atom. The SMILES string of the molecule is CO[C@H]1OCCN2[C@@H]1O[C@@H]1[C@H](C)O[C@@H](O[C@H]3C[C@](O)(C(C)=O)Cc4c(O)c5c(c(O)c43)C(=O)c3c(NC(=O)OCc4ccccc4NC(=O)CNC(=O)[C@H](CC(C)C)NC(=O)[C@H](Cc4ccccc4)NC(=O)CCCCCN4C(=O)C=CC4=O)cccc3C5=O)C[C@@H]12. The fourth-order valence-corrected chi connectivity index (χ4v) is 12.8. The van der Waals surface area contributed by atoms with Crippen LogP contribution in [0.2, 0.25) is 0 Å². The summed E-state index contributed by atoms with van der Waals surface area (Å²) in [5, 5.41) is 49.5. The van der Waals surface area contributed by atoms with E-state index in [-0.39, 0.29) is 89.6 Å². The van der Waals surface area contributed by atoms with Crippen LogP contribution in [0.25, 0.3) is 0 Å². The molecule has 4 aromatic carbocycles. The second-order valence-corrected chi connectivity index (χ2v) is 24.2. The predicted molar refractivity (Wildman–Crippen MR) is 325 cm³/mol. The number of benzene rings is 4. The maximum Gasteiger partial charge on any atom is 0.411 e. The fourth-order valence-electron chi connectivity index (χ4n) is 12.8. The van der Waals surface area contributed by atoms with E-state index in [4.69, 9.17) is 28.4 Å². The van der Waals surface area contributed by atoms with E-state index in [1.165, 1.54) is 50.5 Å². The number of rotatable bonds is 24. The van der Waals surface area contributed by atoms with Crippen molar-refractivity contribution in [2.45, 2.75) is 153 Å². The summed E-state index contributed by atoms with van der Waals surface area (Å²) in [6.45, 7) is 6.79. The minimum Gasteiger partial charge on any atom is -0.507 e. The summed E-state index contributed by atoms with van der Waals surface area (Å²) in [4.78, 5) is 138. The Balaban J connectivity index is 0.770. The van der Waals surface area contributed by atoms with Crippen LogP contribution in [0.3, 0.4) is 0 Å². The molecule has 4 aromatic rings. The van der Waals surface area contributed by atoms with Gasteiger partial charge >= 0.3 is 6.09 Å². The molecule has 0 saturated carbocycles. The van der Waals surface area contributed by atoms with Crippen molar-refractivity contribution in [1.82, 2.24) is 25.8 Å². The minimum atomic E-state index is -2.14. The van der Waals surface area contributed by atoms with E-state index >= 15 is 0 Å². The number of ether oxygens (including phenoxy) is 6. The highest BCUT2D eigenvalue weighted by atomic mass is 16.7. The number of morpholine rings is 1. The fraction of sp³-hybridized carbons (Fsp3) is 0.455. The molecule has 8 N–H and O–H groups in total. The van der Waals surface area contributed by atoms with Crippen molar-refractivity contribution in [1.29, 1.82) is 0 Å². The number of imide groups is 1. The van der Waals surface area contributed by atoms with Crippen LogP contribution in [0.4, 0.5) is 16.2 Å². The molecule has 92 heavy (non-hydrogen) atoms. The monoisotopic (exact) mass is 1270 g/mol. The van der Waals surface area contributed by atoms with Crippen molar-refractivity contribution >= 4 is 70.3 Å². The molecule has 0 unspecified atom stereocenters. The summed E-state index contributed by atoms with van der Waals surface area (Å²) in [6.07, 6.45) is -2.13. The third-order valence-electron chi connectivity index (χ3n) is 17.4. The number of nitrogens with zero attached hydrogens (tertiary/aromatic N) is 2. The van der Waals surface area contributed by atoms with E-state index < -0.39 is 150 Å². The smallest absolute Gasteiger partial charge is 0.411 e. The van der Waals surface area contributed by atoms with Gasteiger partial charge in [-0.15, -0.1) is 0 Å². The van der Waals surface area contributed by atoms with Gasteiger partial charge in [0.2, 0.25) is 23.6 Å². The molecule has 0 aromatic heterocycles. The molecule has 0 bridgehead atoms. The second-order valence-electron chi connectivity index (χ2n) is 24.2. The van der Waals surface area contributed by atoms with Crippen LogP contribution in [-0.4, -0.2) is 172 Å². The summed E-state index contributed by atoms with van der Waals surface area (Å²) < 4.78 is 36.1. The summed E-state index contributed by atoms with van der Waals surface area (Å²) in [5.74, 6) is -7.30. The quantitative estimate of drug-likeness (QED) is 0.0243. The molecule has 4 aliphatic heterocycles. The zero-order chi connectivity index (χ0) is 65.7. The highest BCUT2D eigenvalue weighted by Crippen LogP contribution is 2.53. The highest BCUT2D eigenvalue weighted by molar-refractivity contribution is 6.32. The molecule has 26 heteroatoms. The number of phenolic OH excluding ortho intramolecular Hbond substituents is 2. The van der Waals surface area contributed by atoms with Gasteiger partial charge in [-0.05, 0) is 56.7 Å². The number of carbonyl (C=O) groups excluding carboxylic acids is 10. The Kier molecular flexibility index (Phi) is 20.4. The van der Waals surface area contributed by atoms with Gasteiger partial charge in [0, 0.05) is 98.4 Å². The van der Waals surface area contributed by atoms with Crippen molar-refractivity contribution < 1.29 is 91.7 Å². The van der Waals surface area contributed by atoms with Crippen LogP contribution in [0.1, 0.15) is 133 Å². The summed E-state index contributed by atoms with van der Waals surface area (Å²) >= 11 is 0. The molecular formula is C66H75N7O19. The number of phenols is 2. The number of amides is 7. The molecule has 3 saturated heterocycles.